The lowest BCUT2D eigenvalue weighted by molar-refractivity contribution is 0.0954. The van der Waals surface area contributed by atoms with Gasteiger partial charge in [0.25, 0.3) is 5.91 Å². The number of carbonyl (C=O) groups excluding carboxylic acids is 1. The molecule has 0 aromatic carbocycles. The minimum absolute atomic E-state index is 0.0444. The summed E-state index contributed by atoms with van der Waals surface area (Å²) in [4.78, 5) is 15.1. The highest BCUT2D eigenvalue weighted by molar-refractivity contribution is 9.11. The molecule has 1 aromatic rings. The average Bonchev–Trinajstić information content (AvgIpc) is 2.83. The minimum atomic E-state index is 0.0444. The first kappa shape index (κ1) is 15.0. The average molecular weight is 345 g/mol. The Hall–Kier alpha value is -0.390. The molecule has 1 saturated heterocycles. The number of amides is 1. The zero-order valence-corrected chi connectivity index (χ0v) is 13.7. The molecule has 1 aliphatic rings. The summed E-state index contributed by atoms with van der Waals surface area (Å²) in [5.74, 6) is 0.927. The number of halogens is 1. The van der Waals surface area contributed by atoms with Crippen molar-refractivity contribution >= 4 is 33.2 Å². The van der Waals surface area contributed by atoms with Crippen LogP contribution >= 0.6 is 27.3 Å². The fourth-order valence-electron chi connectivity index (χ4n) is 2.31. The predicted octanol–water partition coefficient (Wildman–Crippen LogP) is 3.36. The van der Waals surface area contributed by atoms with Gasteiger partial charge >= 0.3 is 0 Å². The van der Waals surface area contributed by atoms with E-state index in [4.69, 9.17) is 0 Å². The standard InChI is InChI=1S/C14H21BrN2OS/c1-11-5-9-17(10-6-11)8-2-7-16-14(18)12-3-4-13(15)19-12/h3-4,11H,2,5-10H2,1H3,(H,16,18). The number of piperidine rings is 1. The van der Waals surface area contributed by atoms with Gasteiger partial charge in [0.05, 0.1) is 8.66 Å². The molecular weight excluding hydrogens is 324 g/mol. The van der Waals surface area contributed by atoms with E-state index in [2.05, 4.69) is 33.1 Å². The summed E-state index contributed by atoms with van der Waals surface area (Å²) in [6.45, 7) is 6.62. The Balaban J connectivity index is 1.60. The van der Waals surface area contributed by atoms with Crippen LogP contribution in [0.5, 0.6) is 0 Å². The second-order valence-electron chi connectivity index (χ2n) is 5.24. The fourth-order valence-corrected chi connectivity index (χ4v) is 3.62. The summed E-state index contributed by atoms with van der Waals surface area (Å²) in [5, 5.41) is 2.98. The van der Waals surface area contributed by atoms with Gasteiger partial charge in [-0.2, -0.15) is 0 Å². The van der Waals surface area contributed by atoms with E-state index in [9.17, 15) is 4.79 Å². The van der Waals surface area contributed by atoms with Crippen molar-refractivity contribution in [2.45, 2.75) is 26.2 Å². The molecule has 3 nitrogen and oxygen atoms in total. The van der Waals surface area contributed by atoms with E-state index in [0.29, 0.717) is 0 Å². The lowest BCUT2D eigenvalue weighted by atomic mass is 9.99. The Kier molecular flexibility index (Phi) is 5.85. The molecular formula is C14H21BrN2OS. The smallest absolute Gasteiger partial charge is 0.261 e. The molecule has 2 heterocycles. The molecule has 0 spiro atoms. The van der Waals surface area contributed by atoms with Crippen molar-refractivity contribution in [1.82, 2.24) is 10.2 Å². The zero-order valence-electron chi connectivity index (χ0n) is 11.3. The number of thiophene rings is 1. The molecule has 1 amide bonds. The first-order valence-corrected chi connectivity index (χ1v) is 8.52. The summed E-state index contributed by atoms with van der Waals surface area (Å²) >= 11 is 4.85. The van der Waals surface area contributed by atoms with Crippen LogP contribution in [0.15, 0.2) is 15.9 Å². The Labute approximate surface area is 127 Å². The van der Waals surface area contributed by atoms with E-state index in [1.54, 1.807) is 0 Å². The highest BCUT2D eigenvalue weighted by atomic mass is 79.9. The summed E-state index contributed by atoms with van der Waals surface area (Å²) in [5.41, 5.74) is 0. The van der Waals surface area contributed by atoms with Crippen molar-refractivity contribution in [3.05, 3.63) is 20.8 Å². The van der Waals surface area contributed by atoms with Crippen LogP contribution in [0.1, 0.15) is 35.9 Å². The Morgan fingerprint density at radius 2 is 2.21 bits per heavy atom. The summed E-state index contributed by atoms with van der Waals surface area (Å²) in [6.07, 6.45) is 3.66. The molecule has 0 saturated carbocycles. The molecule has 0 bridgehead atoms. The molecule has 1 aliphatic heterocycles. The van der Waals surface area contributed by atoms with Crippen molar-refractivity contribution in [3.8, 4) is 0 Å². The third-order valence-corrected chi connectivity index (χ3v) is 5.23. The summed E-state index contributed by atoms with van der Waals surface area (Å²) in [7, 11) is 0. The minimum Gasteiger partial charge on any atom is -0.351 e. The maximum absolute atomic E-state index is 11.8. The molecule has 0 atom stereocenters. The van der Waals surface area contributed by atoms with E-state index < -0.39 is 0 Å². The maximum atomic E-state index is 11.8. The van der Waals surface area contributed by atoms with Crippen LogP contribution in [0.25, 0.3) is 0 Å². The first-order valence-electron chi connectivity index (χ1n) is 6.91. The van der Waals surface area contributed by atoms with Crippen LogP contribution in [-0.2, 0) is 0 Å². The van der Waals surface area contributed by atoms with Crippen molar-refractivity contribution < 1.29 is 4.79 Å². The number of rotatable bonds is 5. The highest BCUT2D eigenvalue weighted by Gasteiger charge is 2.15. The quantitative estimate of drug-likeness (QED) is 0.830. The lowest BCUT2D eigenvalue weighted by Gasteiger charge is -2.30. The van der Waals surface area contributed by atoms with Gasteiger partial charge in [0.15, 0.2) is 0 Å². The molecule has 1 aromatic heterocycles. The lowest BCUT2D eigenvalue weighted by Crippen LogP contribution is -2.35. The van der Waals surface area contributed by atoms with Crippen molar-refractivity contribution in [1.29, 1.82) is 0 Å². The predicted molar refractivity (Wildman–Crippen MR) is 83.8 cm³/mol. The van der Waals surface area contributed by atoms with Crippen LogP contribution in [0.3, 0.4) is 0 Å². The van der Waals surface area contributed by atoms with Gasteiger partial charge in [0, 0.05) is 6.54 Å². The fraction of sp³-hybridized carbons (Fsp3) is 0.643. The first-order chi connectivity index (χ1) is 9.15. The zero-order chi connectivity index (χ0) is 13.7. The third kappa shape index (κ3) is 4.89. The van der Waals surface area contributed by atoms with Gasteiger partial charge in [-0.25, -0.2) is 0 Å². The highest BCUT2D eigenvalue weighted by Crippen LogP contribution is 2.21. The largest absolute Gasteiger partial charge is 0.351 e. The molecule has 19 heavy (non-hydrogen) atoms. The van der Waals surface area contributed by atoms with Gasteiger partial charge in [-0.05, 0) is 72.9 Å². The number of nitrogens with one attached hydrogen (secondary N) is 1. The SMILES string of the molecule is CC1CCN(CCCNC(=O)c2ccc(Br)s2)CC1. The number of nitrogens with zero attached hydrogens (tertiary/aromatic N) is 1. The van der Waals surface area contributed by atoms with E-state index in [1.165, 1.54) is 37.3 Å². The van der Waals surface area contributed by atoms with E-state index >= 15 is 0 Å². The van der Waals surface area contributed by atoms with E-state index in [0.717, 1.165) is 34.1 Å². The Morgan fingerprint density at radius 3 is 2.84 bits per heavy atom. The third-order valence-electron chi connectivity index (χ3n) is 3.61. The topological polar surface area (TPSA) is 32.3 Å². The van der Waals surface area contributed by atoms with Crippen LogP contribution in [-0.4, -0.2) is 37.0 Å². The van der Waals surface area contributed by atoms with Crippen LogP contribution in [0.2, 0.25) is 0 Å². The molecule has 1 fully saturated rings. The van der Waals surface area contributed by atoms with Crippen molar-refractivity contribution in [2.24, 2.45) is 5.92 Å². The Bertz CT molecular complexity index is 413. The van der Waals surface area contributed by atoms with Crippen LogP contribution < -0.4 is 5.32 Å². The Morgan fingerprint density at radius 1 is 1.47 bits per heavy atom. The van der Waals surface area contributed by atoms with Gasteiger partial charge < -0.3 is 10.2 Å². The van der Waals surface area contributed by atoms with E-state index in [-0.39, 0.29) is 5.91 Å². The van der Waals surface area contributed by atoms with Crippen LogP contribution in [0, 0.1) is 5.92 Å². The molecule has 0 radical (unpaired) electrons. The molecule has 0 unspecified atom stereocenters. The van der Waals surface area contributed by atoms with Crippen LogP contribution in [0.4, 0.5) is 0 Å². The van der Waals surface area contributed by atoms with E-state index in [1.807, 2.05) is 12.1 Å². The molecule has 0 aliphatic carbocycles. The maximum Gasteiger partial charge on any atom is 0.261 e. The number of hydrogen-bond donors (Lipinski definition) is 1. The van der Waals surface area contributed by atoms with Gasteiger partial charge in [0.1, 0.15) is 0 Å². The number of carbonyl (C=O) groups is 1. The number of likely N-dealkylation sites (tertiary alicyclic amines) is 1. The monoisotopic (exact) mass is 344 g/mol. The number of hydrogen-bond acceptors (Lipinski definition) is 3. The van der Waals surface area contributed by atoms with Gasteiger partial charge in [0.2, 0.25) is 0 Å². The van der Waals surface area contributed by atoms with Crippen molar-refractivity contribution in [3.63, 3.8) is 0 Å². The van der Waals surface area contributed by atoms with Crippen molar-refractivity contribution in [2.75, 3.05) is 26.2 Å². The van der Waals surface area contributed by atoms with Gasteiger partial charge in [-0.3, -0.25) is 4.79 Å². The summed E-state index contributed by atoms with van der Waals surface area (Å²) < 4.78 is 1.00. The second-order valence-corrected chi connectivity index (χ2v) is 7.70. The normalized spacial score (nSPS) is 17.6. The van der Waals surface area contributed by atoms with Gasteiger partial charge in [-0.1, -0.05) is 6.92 Å². The summed E-state index contributed by atoms with van der Waals surface area (Å²) in [6, 6.07) is 3.77. The van der Waals surface area contributed by atoms with Gasteiger partial charge in [-0.15, -0.1) is 11.3 Å². The molecule has 5 heteroatoms. The second kappa shape index (κ2) is 7.41. The molecule has 2 rings (SSSR count). The molecule has 106 valence electrons. The molecule has 1 N–H and O–H groups in total.